The summed E-state index contributed by atoms with van der Waals surface area (Å²) in [6.45, 7) is 2.90. The molecule has 0 saturated heterocycles. The first kappa shape index (κ1) is 24.4. The highest BCUT2D eigenvalue weighted by Crippen LogP contribution is 2.31. The highest BCUT2D eigenvalue weighted by molar-refractivity contribution is 7.99. The summed E-state index contributed by atoms with van der Waals surface area (Å²) in [7, 11) is 0. The van der Waals surface area contributed by atoms with Crippen LogP contribution in [-0.2, 0) is 17.8 Å². The zero-order valence-corrected chi connectivity index (χ0v) is 22.6. The molecular formula is C31H26N4OS2. The molecule has 0 atom stereocenters. The molecule has 0 fully saturated rings. The number of para-hydroxylation sites is 2. The van der Waals surface area contributed by atoms with Crippen molar-refractivity contribution in [2.75, 3.05) is 11.1 Å². The van der Waals surface area contributed by atoms with E-state index in [1.54, 1.807) is 11.3 Å². The maximum Gasteiger partial charge on any atom is 0.234 e. The SMILES string of the molecule is Cc1ccc2nc(-c3ccc(NC(=O)CSc4nc5ccccc5n4CCc4ccccc4)cc3)sc2c1. The number of imidazole rings is 1. The van der Waals surface area contributed by atoms with Gasteiger partial charge in [0, 0.05) is 17.8 Å². The van der Waals surface area contributed by atoms with Gasteiger partial charge in [-0.15, -0.1) is 11.3 Å². The molecule has 0 unspecified atom stereocenters. The predicted molar refractivity (Wildman–Crippen MR) is 159 cm³/mol. The summed E-state index contributed by atoms with van der Waals surface area (Å²) in [5, 5.41) is 4.86. The fourth-order valence-electron chi connectivity index (χ4n) is 4.44. The van der Waals surface area contributed by atoms with E-state index in [1.165, 1.54) is 27.6 Å². The molecule has 5 nitrogen and oxygen atoms in total. The minimum Gasteiger partial charge on any atom is -0.325 e. The van der Waals surface area contributed by atoms with E-state index in [9.17, 15) is 4.79 Å². The fourth-order valence-corrected chi connectivity index (χ4v) is 6.35. The third-order valence-corrected chi connectivity index (χ3v) is 8.42. The number of nitrogens with one attached hydrogen (secondary N) is 1. The highest BCUT2D eigenvalue weighted by atomic mass is 32.2. The monoisotopic (exact) mass is 534 g/mol. The number of anilines is 1. The minimum absolute atomic E-state index is 0.0557. The molecule has 2 heterocycles. The Morgan fingerprint density at radius 2 is 1.68 bits per heavy atom. The molecule has 0 bridgehead atoms. The first-order valence-corrected chi connectivity index (χ1v) is 14.3. The highest BCUT2D eigenvalue weighted by Gasteiger charge is 2.14. The first-order chi connectivity index (χ1) is 18.6. The molecule has 0 aliphatic rings. The molecule has 0 aliphatic carbocycles. The standard InChI is InChI=1S/C31H26N4OS2/c1-21-11-16-26-28(19-21)38-30(33-26)23-12-14-24(15-13-23)32-29(36)20-37-31-34-25-9-5-6-10-27(25)35(31)18-17-22-7-3-2-4-8-22/h2-16,19H,17-18,20H2,1H3,(H,32,36). The number of thiazole rings is 1. The van der Waals surface area contributed by atoms with Gasteiger partial charge in [-0.05, 0) is 73.0 Å². The molecule has 6 aromatic rings. The quantitative estimate of drug-likeness (QED) is 0.204. The number of carbonyl (C=O) groups is 1. The molecule has 2 aromatic heterocycles. The van der Waals surface area contributed by atoms with Crippen LogP contribution in [0.1, 0.15) is 11.1 Å². The summed E-state index contributed by atoms with van der Waals surface area (Å²) < 4.78 is 3.40. The normalized spacial score (nSPS) is 11.3. The van der Waals surface area contributed by atoms with Gasteiger partial charge in [-0.3, -0.25) is 4.79 Å². The predicted octanol–water partition coefficient (Wildman–Crippen LogP) is 7.59. The lowest BCUT2D eigenvalue weighted by molar-refractivity contribution is -0.113. The number of aryl methyl sites for hydroxylation is 3. The second-order valence-corrected chi connectivity index (χ2v) is 11.1. The van der Waals surface area contributed by atoms with Crippen molar-refractivity contribution in [2.24, 2.45) is 0 Å². The number of rotatable bonds is 8. The van der Waals surface area contributed by atoms with Crippen LogP contribution in [0, 0.1) is 6.92 Å². The molecule has 1 amide bonds. The van der Waals surface area contributed by atoms with Gasteiger partial charge < -0.3 is 9.88 Å². The summed E-state index contributed by atoms with van der Waals surface area (Å²) in [6.07, 6.45) is 0.904. The topological polar surface area (TPSA) is 59.8 Å². The minimum atomic E-state index is -0.0557. The Hall–Kier alpha value is -3.94. The summed E-state index contributed by atoms with van der Waals surface area (Å²) in [6, 6.07) is 32.8. The lowest BCUT2D eigenvalue weighted by atomic mass is 10.1. The lowest BCUT2D eigenvalue weighted by Crippen LogP contribution is -2.14. The number of hydrogen-bond donors (Lipinski definition) is 1. The average molecular weight is 535 g/mol. The Morgan fingerprint density at radius 3 is 2.53 bits per heavy atom. The number of nitrogens with zero attached hydrogens (tertiary/aromatic N) is 3. The second kappa shape index (κ2) is 10.8. The van der Waals surface area contributed by atoms with Crippen molar-refractivity contribution in [2.45, 2.75) is 25.0 Å². The van der Waals surface area contributed by atoms with E-state index < -0.39 is 0 Å². The van der Waals surface area contributed by atoms with Crippen molar-refractivity contribution in [3.05, 3.63) is 108 Å². The van der Waals surface area contributed by atoms with Crippen molar-refractivity contribution in [3.8, 4) is 10.6 Å². The average Bonchev–Trinajstić information content (AvgIpc) is 3.52. The van der Waals surface area contributed by atoms with E-state index in [0.29, 0.717) is 0 Å². The van der Waals surface area contributed by atoms with Crippen LogP contribution in [0.3, 0.4) is 0 Å². The number of thioether (sulfide) groups is 1. The smallest absolute Gasteiger partial charge is 0.234 e. The third kappa shape index (κ3) is 5.35. The Bertz CT molecular complexity index is 1720. The summed E-state index contributed by atoms with van der Waals surface area (Å²) in [4.78, 5) is 22.4. The van der Waals surface area contributed by atoms with E-state index in [0.717, 1.165) is 50.9 Å². The molecule has 6 rings (SSSR count). The number of hydrogen-bond acceptors (Lipinski definition) is 5. The zero-order valence-electron chi connectivity index (χ0n) is 20.9. The molecule has 188 valence electrons. The second-order valence-electron chi connectivity index (χ2n) is 9.17. The van der Waals surface area contributed by atoms with Crippen molar-refractivity contribution in [1.29, 1.82) is 0 Å². The first-order valence-electron chi connectivity index (χ1n) is 12.5. The van der Waals surface area contributed by atoms with Crippen LogP contribution in [0.4, 0.5) is 5.69 Å². The van der Waals surface area contributed by atoms with Crippen molar-refractivity contribution in [3.63, 3.8) is 0 Å². The molecular weight excluding hydrogens is 509 g/mol. The van der Waals surface area contributed by atoms with Crippen molar-refractivity contribution >= 4 is 55.9 Å². The zero-order chi connectivity index (χ0) is 25.9. The Morgan fingerprint density at radius 1 is 0.895 bits per heavy atom. The largest absolute Gasteiger partial charge is 0.325 e. The van der Waals surface area contributed by atoms with Crippen molar-refractivity contribution < 1.29 is 4.79 Å². The molecule has 1 N–H and O–H groups in total. The van der Waals surface area contributed by atoms with Gasteiger partial charge >= 0.3 is 0 Å². The van der Waals surface area contributed by atoms with Crippen LogP contribution in [0.2, 0.25) is 0 Å². The van der Waals surface area contributed by atoms with Gasteiger partial charge in [0.2, 0.25) is 5.91 Å². The Kier molecular flexibility index (Phi) is 6.94. The van der Waals surface area contributed by atoms with E-state index in [-0.39, 0.29) is 11.7 Å². The number of carbonyl (C=O) groups excluding carboxylic acids is 1. The third-order valence-electron chi connectivity index (χ3n) is 6.38. The summed E-state index contributed by atoms with van der Waals surface area (Å²) in [5.41, 5.74) is 7.38. The number of benzene rings is 4. The van der Waals surface area contributed by atoms with Gasteiger partial charge in [0.25, 0.3) is 0 Å². The van der Waals surface area contributed by atoms with Crippen LogP contribution >= 0.6 is 23.1 Å². The van der Waals surface area contributed by atoms with Gasteiger partial charge in [0.05, 0.1) is 27.0 Å². The maximum absolute atomic E-state index is 12.8. The summed E-state index contributed by atoms with van der Waals surface area (Å²) in [5.74, 6) is 0.230. The van der Waals surface area contributed by atoms with E-state index >= 15 is 0 Å². The van der Waals surface area contributed by atoms with Gasteiger partial charge in [0.1, 0.15) is 5.01 Å². The summed E-state index contributed by atoms with van der Waals surface area (Å²) >= 11 is 3.15. The lowest BCUT2D eigenvalue weighted by Gasteiger charge is -2.10. The molecule has 38 heavy (non-hydrogen) atoms. The van der Waals surface area contributed by atoms with Crippen LogP contribution in [-0.4, -0.2) is 26.2 Å². The van der Waals surface area contributed by atoms with Gasteiger partial charge in [-0.1, -0.05) is 60.3 Å². The molecule has 0 spiro atoms. The molecule has 0 radical (unpaired) electrons. The number of fused-ring (bicyclic) bond motifs is 2. The Balaban J connectivity index is 1.12. The number of aromatic nitrogens is 3. The molecule has 0 aliphatic heterocycles. The van der Waals surface area contributed by atoms with Crippen LogP contribution < -0.4 is 5.32 Å². The van der Waals surface area contributed by atoms with E-state index in [1.807, 2.05) is 48.5 Å². The van der Waals surface area contributed by atoms with E-state index in [2.05, 4.69) is 65.3 Å². The van der Waals surface area contributed by atoms with Gasteiger partial charge in [-0.25, -0.2) is 9.97 Å². The van der Waals surface area contributed by atoms with Crippen LogP contribution in [0.5, 0.6) is 0 Å². The molecule has 0 saturated carbocycles. The molecule has 7 heteroatoms. The van der Waals surface area contributed by atoms with E-state index in [4.69, 9.17) is 9.97 Å². The van der Waals surface area contributed by atoms with Crippen LogP contribution in [0.15, 0.2) is 102 Å². The van der Waals surface area contributed by atoms with Crippen molar-refractivity contribution in [1.82, 2.24) is 14.5 Å². The Labute approximate surface area is 229 Å². The number of amides is 1. The maximum atomic E-state index is 12.8. The van der Waals surface area contributed by atoms with Crippen LogP contribution in [0.25, 0.3) is 31.8 Å². The van der Waals surface area contributed by atoms with Gasteiger partial charge in [0.15, 0.2) is 5.16 Å². The fraction of sp³-hybridized carbons (Fsp3) is 0.129. The van der Waals surface area contributed by atoms with Gasteiger partial charge in [-0.2, -0.15) is 0 Å². The molecule has 4 aromatic carbocycles.